The maximum Gasteiger partial charge on any atom is 0.341 e. The minimum absolute atomic E-state index is 0.347. The summed E-state index contributed by atoms with van der Waals surface area (Å²) in [4.78, 5) is -0.347. The molecule has 1 atom stereocenters. The maximum absolute atomic E-state index is 12.4. The highest BCUT2D eigenvalue weighted by molar-refractivity contribution is 8.06. The van der Waals surface area contributed by atoms with Crippen molar-refractivity contribution in [3.8, 4) is 0 Å². The van der Waals surface area contributed by atoms with Gasteiger partial charge in [0.15, 0.2) is 0 Å². The van der Waals surface area contributed by atoms with Crippen LogP contribution in [0.4, 0.5) is 14.5 Å². The molecule has 3 nitrogen and oxygen atoms in total. The topological polar surface area (TPSA) is 46.2 Å². The predicted molar refractivity (Wildman–Crippen MR) is 81.7 cm³/mol. The zero-order valence-electron chi connectivity index (χ0n) is 10.6. The second-order valence-electron chi connectivity index (χ2n) is 4.28. The van der Waals surface area contributed by atoms with E-state index in [1.807, 2.05) is 23.5 Å². The number of hydrogen-bond acceptors (Lipinski definition) is 5. The largest absolute Gasteiger partial charge is 0.384 e. The smallest absolute Gasteiger partial charge is 0.341 e. The van der Waals surface area contributed by atoms with E-state index in [1.54, 1.807) is 0 Å². The van der Waals surface area contributed by atoms with Crippen LogP contribution in [-0.2, 0) is 9.84 Å². The Morgan fingerprint density at radius 1 is 1.25 bits per heavy atom. The fraction of sp³-hybridized carbons (Fsp3) is 0.500. The Hall–Kier alpha value is -0.470. The van der Waals surface area contributed by atoms with E-state index in [0.717, 1.165) is 23.7 Å². The minimum Gasteiger partial charge on any atom is -0.384 e. The van der Waals surface area contributed by atoms with Crippen LogP contribution in [0.3, 0.4) is 0 Å². The summed E-state index contributed by atoms with van der Waals surface area (Å²) >= 11 is 3.84. The van der Waals surface area contributed by atoms with E-state index in [-0.39, 0.29) is 4.90 Å². The van der Waals surface area contributed by atoms with Gasteiger partial charge in [-0.25, -0.2) is 8.42 Å². The van der Waals surface area contributed by atoms with Gasteiger partial charge in [0.2, 0.25) is 9.84 Å². The number of rotatable bonds is 5. The van der Waals surface area contributed by atoms with Crippen molar-refractivity contribution in [2.45, 2.75) is 15.9 Å². The van der Waals surface area contributed by atoms with Crippen LogP contribution in [0.15, 0.2) is 29.2 Å². The third-order valence-corrected chi connectivity index (χ3v) is 7.08. The summed E-state index contributed by atoms with van der Waals surface area (Å²) in [6.07, 6.45) is 0. The van der Waals surface area contributed by atoms with Crippen LogP contribution in [0, 0.1) is 0 Å². The van der Waals surface area contributed by atoms with Gasteiger partial charge in [-0.15, -0.1) is 0 Å². The van der Waals surface area contributed by atoms with E-state index in [2.05, 4.69) is 5.32 Å². The molecule has 0 saturated carbocycles. The van der Waals surface area contributed by atoms with Crippen LogP contribution in [0.25, 0.3) is 0 Å². The number of thioether (sulfide) groups is 2. The number of nitrogens with one attached hydrogen (secondary N) is 1. The molecule has 2 rings (SSSR count). The fourth-order valence-electron chi connectivity index (χ4n) is 1.75. The van der Waals surface area contributed by atoms with Crippen LogP contribution < -0.4 is 5.32 Å². The van der Waals surface area contributed by atoms with Crippen molar-refractivity contribution < 1.29 is 17.2 Å². The Bertz CT molecular complexity index is 528. The molecule has 8 heteroatoms. The molecular formula is C12H15F2NO2S3. The highest BCUT2D eigenvalue weighted by Gasteiger charge is 2.26. The molecule has 1 unspecified atom stereocenters. The average molecular weight is 339 g/mol. The molecule has 0 aliphatic carbocycles. The van der Waals surface area contributed by atoms with Gasteiger partial charge in [0, 0.05) is 34.7 Å². The van der Waals surface area contributed by atoms with Gasteiger partial charge in [-0.1, -0.05) is 0 Å². The number of halogens is 2. The first-order valence-corrected chi connectivity index (χ1v) is 9.80. The maximum atomic E-state index is 12.4. The van der Waals surface area contributed by atoms with Gasteiger partial charge in [-0.2, -0.15) is 32.3 Å². The number of sulfone groups is 1. The molecular weight excluding hydrogens is 324 g/mol. The molecule has 0 aromatic heterocycles. The summed E-state index contributed by atoms with van der Waals surface area (Å²) in [7, 11) is -4.50. The van der Waals surface area contributed by atoms with E-state index in [9.17, 15) is 17.2 Å². The van der Waals surface area contributed by atoms with Gasteiger partial charge < -0.3 is 5.32 Å². The Morgan fingerprint density at radius 3 is 2.50 bits per heavy atom. The molecule has 0 radical (unpaired) electrons. The summed E-state index contributed by atoms with van der Waals surface area (Å²) < 4.78 is 47.3. The fourth-order valence-corrected chi connectivity index (χ4v) is 5.08. The van der Waals surface area contributed by atoms with Crippen molar-refractivity contribution in [3.05, 3.63) is 24.3 Å². The average Bonchev–Trinajstić information content (AvgIpc) is 2.46. The molecule has 0 spiro atoms. The van der Waals surface area contributed by atoms with Crippen LogP contribution in [-0.4, -0.2) is 43.2 Å². The first kappa shape index (κ1) is 15.9. The molecule has 1 N–H and O–H groups in total. The Labute approximate surface area is 125 Å². The van der Waals surface area contributed by atoms with Gasteiger partial charge in [0.05, 0.1) is 4.90 Å². The van der Waals surface area contributed by atoms with Crippen molar-refractivity contribution in [2.75, 3.05) is 29.1 Å². The lowest BCUT2D eigenvalue weighted by atomic mass is 10.3. The number of benzene rings is 1. The van der Waals surface area contributed by atoms with Gasteiger partial charge in [-0.05, 0) is 24.3 Å². The minimum atomic E-state index is -4.50. The van der Waals surface area contributed by atoms with Crippen molar-refractivity contribution in [1.29, 1.82) is 0 Å². The predicted octanol–water partition coefficient (Wildman–Crippen LogP) is 2.94. The molecule has 1 fully saturated rings. The Morgan fingerprint density at radius 2 is 1.95 bits per heavy atom. The second kappa shape index (κ2) is 7.00. The van der Waals surface area contributed by atoms with E-state index in [1.165, 1.54) is 30.0 Å². The van der Waals surface area contributed by atoms with Gasteiger partial charge in [0.25, 0.3) is 0 Å². The Kier molecular flexibility index (Phi) is 5.57. The number of alkyl halides is 2. The lowest BCUT2D eigenvalue weighted by Crippen LogP contribution is -2.23. The first-order valence-electron chi connectivity index (χ1n) is 6.05. The molecule has 1 saturated heterocycles. The molecule has 1 aromatic rings. The van der Waals surface area contributed by atoms with E-state index in [0.29, 0.717) is 5.25 Å². The third kappa shape index (κ3) is 4.02. The number of hydrogen-bond donors (Lipinski definition) is 1. The zero-order valence-corrected chi connectivity index (χ0v) is 13.0. The summed E-state index contributed by atoms with van der Waals surface area (Å²) in [5, 5.41) is 3.73. The standard InChI is InChI=1S/C12H15F2NO2S3/c13-12(14)20(16,17)11-3-1-9(2-4-11)15-7-10-8-18-5-6-19-10/h1-4,10,12,15H,5-8H2. The van der Waals surface area contributed by atoms with Gasteiger partial charge >= 0.3 is 5.76 Å². The molecule has 112 valence electrons. The van der Waals surface area contributed by atoms with Gasteiger partial charge in [-0.3, -0.25) is 0 Å². The normalized spacial score (nSPS) is 20.1. The Balaban J connectivity index is 1.94. The molecule has 1 aliphatic heterocycles. The molecule has 1 heterocycles. The van der Waals surface area contributed by atoms with Crippen molar-refractivity contribution in [3.63, 3.8) is 0 Å². The van der Waals surface area contributed by atoms with Crippen LogP contribution in [0.5, 0.6) is 0 Å². The van der Waals surface area contributed by atoms with Crippen molar-refractivity contribution >= 4 is 39.0 Å². The molecule has 1 aromatic carbocycles. The summed E-state index contributed by atoms with van der Waals surface area (Å²) in [6, 6.07) is 5.48. The van der Waals surface area contributed by atoms with E-state index in [4.69, 9.17) is 0 Å². The third-order valence-electron chi connectivity index (χ3n) is 2.84. The van der Waals surface area contributed by atoms with Crippen molar-refractivity contribution in [2.24, 2.45) is 0 Å². The summed E-state index contributed by atoms with van der Waals surface area (Å²) in [5.74, 6) is 0.0383. The molecule has 20 heavy (non-hydrogen) atoms. The quantitative estimate of drug-likeness (QED) is 0.894. The van der Waals surface area contributed by atoms with Crippen LogP contribution in [0.2, 0.25) is 0 Å². The highest BCUT2D eigenvalue weighted by atomic mass is 32.2. The van der Waals surface area contributed by atoms with Gasteiger partial charge in [0.1, 0.15) is 0 Å². The van der Waals surface area contributed by atoms with E-state index < -0.39 is 15.6 Å². The first-order chi connectivity index (χ1) is 9.50. The molecule has 1 aliphatic rings. The molecule has 0 bridgehead atoms. The van der Waals surface area contributed by atoms with Crippen LogP contribution >= 0.6 is 23.5 Å². The lowest BCUT2D eigenvalue weighted by Gasteiger charge is -2.21. The van der Waals surface area contributed by atoms with Crippen molar-refractivity contribution in [1.82, 2.24) is 0 Å². The summed E-state index contributed by atoms with van der Waals surface area (Å²) in [5.41, 5.74) is 0.745. The monoisotopic (exact) mass is 339 g/mol. The lowest BCUT2D eigenvalue weighted by molar-refractivity contribution is 0.234. The molecule has 0 amide bonds. The summed E-state index contributed by atoms with van der Waals surface area (Å²) in [6.45, 7) is 0.790. The zero-order chi connectivity index (χ0) is 14.6. The van der Waals surface area contributed by atoms with E-state index >= 15 is 0 Å². The highest BCUT2D eigenvalue weighted by Crippen LogP contribution is 2.25. The number of anilines is 1. The van der Waals surface area contributed by atoms with Crippen LogP contribution in [0.1, 0.15) is 0 Å². The SMILES string of the molecule is O=S(=O)(c1ccc(NCC2CSCCS2)cc1)C(F)F. The second-order valence-corrected chi connectivity index (χ2v) is 8.75.